The molecule has 53 heavy (non-hydrogen) atoms. The maximum absolute atomic E-state index is 12.6. The highest BCUT2D eigenvalue weighted by atomic mass is 31.2. The van der Waals surface area contributed by atoms with Gasteiger partial charge in [-0.25, -0.2) is 0 Å². The lowest BCUT2D eigenvalue weighted by molar-refractivity contribution is -0.870. The zero-order valence-corrected chi connectivity index (χ0v) is 36.9. The number of unbranched alkanes of at least 4 members (excludes halogenated alkanes) is 29. The quantitative estimate of drug-likeness (QED) is 0.0263. The molecule has 0 spiro atoms. The van der Waals surface area contributed by atoms with Crippen LogP contribution in [0.2, 0.25) is 0 Å². The summed E-state index contributed by atoms with van der Waals surface area (Å²) in [6.07, 6.45) is 39.7. The van der Waals surface area contributed by atoms with Crippen molar-refractivity contribution in [2.75, 3.05) is 54.1 Å². The van der Waals surface area contributed by atoms with Gasteiger partial charge in [0.2, 0.25) is 0 Å². The van der Waals surface area contributed by atoms with Gasteiger partial charge in [-0.3, -0.25) is 9.36 Å². The van der Waals surface area contributed by atoms with Crippen LogP contribution in [-0.2, 0) is 27.9 Å². The first-order valence-electron chi connectivity index (χ1n) is 22.8. The van der Waals surface area contributed by atoms with Gasteiger partial charge < -0.3 is 27.9 Å². The summed E-state index contributed by atoms with van der Waals surface area (Å²) in [5.41, 5.74) is 0. The number of carbonyl (C=O) groups excluding carboxylic acids is 1. The zero-order valence-electron chi connectivity index (χ0n) is 36.0. The molecule has 0 aliphatic rings. The highest BCUT2D eigenvalue weighted by Gasteiger charge is 2.20. The van der Waals surface area contributed by atoms with Crippen LogP contribution >= 0.6 is 7.82 Å². The minimum absolute atomic E-state index is 0.0313. The lowest BCUT2D eigenvalue weighted by Gasteiger charge is -2.28. The van der Waals surface area contributed by atoms with Crippen LogP contribution in [0.25, 0.3) is 0 Å². The summed E-state index contributed by atoms with van der Waals surface area (Å²) in [7, 11) is 1.37. The molecule has 0 aromatic heterocycles. The molecule has 0 rings (SSSR count). The molecule has 0 amide bonds. The molecule has 2 unspecified atom stereocenters. The predicted octanol–water partition coefficient (Wildman–Crippen LogP) is 12.6. The number of phosphoric acid groups is 1. The summed E-state index contributed by atoms with van der Waals surface area (Å²) in [5.74, 6) is -0.330. The average molecular weight is 776 g/mol. The molecule has 0 aliphatic heterocycles. The highest BCUT2D eigenvalue weighted by molar-refractivity contribution is 7.45. The Morgan fingerprint density at radius 2 is 0.868 bits per heavy atom. The number of quaternary nitrogens is 1. The topological polar surface area (TPSA) is 94.1 Å². The normalized spacial score (nSPS) is 13.7. The number of likely N-dealkylation sites (N-methyl/N-ethyl adjacent to an activating group) is 1. The molecular weight excluding hydrogens is 685 g/mol. The van der Waals surface area contributed by atoms with E-state index in [0.717, 1.165) is 32.1 Å². The number of ether oxygens (including phenoxy) is 2. The molecule has 0 aliphatic carbocycles. The molecule has 0 N–H and O–H groups in total. The van der Waals surface area contributed by atoms with E-state index in [2.05, 4.69) is 13.8 Å². The molecule has 0 bridgehead atoms. The van der Waals surface area contributed by atoms with E-state index in [-0.39, 0.29) is 25.8 Å². The van der Waals surface area contributed by atoms with E-state index >= 15 is 0 Å². The van der Waals surface area contributed by atoms with Crippen LogP contribution in [-0.4, -0.2) is 70.7 Å². The van der Waals surface area contributed by atoms with Crippen molar-refractivity contribution in [2.24, 2.45) is 0 Å². The van der Waals surface area contributed by atoms with Gasteiger partial charge in [0.25, 0.3) is 7.82 Å². The van der Waals surface area contributed by atoms with Crippen molar-refractivity contribution in [1.82, 2.24) is 0 Å². The van der Waals surface area contributed by atoms with E-state index < -0.39 is 13.9 Å². The summed E-state index contributed by atoms with van der Waals surface area (Å²) >= 11 is 0. The largest absolute Gasteiger partial charge is 0.756 e. The number of hydrogen-bond acceptors (Lipinski definition) is 7. The molecule has 0 saturated carbocycles. The van der Waals surface area contributed by atoms with Gasteiger partial charge in [0.15, 0.2) is 0 Å². The van der Waals surface area contributed by atoms with Gasteiger partial charge in [-0.2, -0.15) is 0 Å². The zero-order chi connectivity index (χ0) is 39.1. The third-order valence-electron chi connectivity index (χ3n) is 10.2. The van der Waals surface area contributed by atoms with Gasteiger partial charge in [-0.15, -0.1) is 0 Å². The second kappa shape index (κ2) is 38.4. The standard InChI is InChI=1S/C44H90NO7P/c1-6-8-10-12-14-16-18-19-20-21-22-23-24-25-26-28-30-32-34-36-39-49-41-43(42-51-53(47,48)50-40-38-45(3,4)5)52-44(46)37-35-33-31-29-27-17-15-13-11-9-7-2/h43H,6-42H2,1-5H3. The van der Waals surface area contributed by atoms with E-state index in [4.69, 9.17) is 18.5 Å². The van der Waals surface area contributed by atoms with Gasteiger partial charge in [-0.1, -0.05) is 200 Å². The molecule has 0 heterocycles. The van der Waals surface area contributed by atoms with Crippen molar-refractivity contribution < 1.29 is 37.3 Å². The predicted molar refractivity (Wildman–Crippen MR) is 222 cm³/mol. The Morgan fingerprint density at radius 3 is 1.25 bits per heavy atom. The Balaban J connectivity index is 4.09. The second-order valence-corrected chi connectivity index (χ2v) is 18.2. The number of hydrogen-bond donors (Lipinski definition) is 0. The van der Waals surface area contributed by atoms with Crippen LogP contribution < -0.4 is 4.89 Å². The first-order chi connectivity index (χ1) is 25.6. The summed E-state index contributed by atoms with van der Waals surface area (Å²) in [4.78, 5) is 25.0. The van der Waals surface area contributed by atoms with Crippen molar-refractivity contribution >= 4 is 13.8 Å². The molecule has 0 radical (unpaired) electrons. The number of phosphoric ester groups is 1. The summed E-state index contributed by atoms with van der Waals surface area (Å²) < 4.78 is 34.6. The van der Waals surface area contributed by atoms with Crippen LogP contribution in [0, 0.1) is 0 Å². The SMILES string of the molecule is CCCCCCCCCCCCCCCCCCCCCCOCC(COP(=O)([O-])OCC[N+](C)(C)C)OC(=O)CCCCCCCCCCCCC. The fourth-order valence-corrected chi connectivity index (χ4v) is 7.34. The minimum Gasteiger partial charge on any atom is -0.756 e. The number of nitrogens with zero attached hydrogens (tertiary/aromatic N) is 1. The number of rotatable bonds is 43. The lowest BCUT2D eigenvalue weighted by atomic mass is 10.0. The van der Waals surface area contributed by atoms with Crippen LogP contribution in [0.3, 0.4) is 0 Å². The first kappa shape index (κ1) is 52.5. The van der Waals surface area contributed by atoms with Gasteiger partial charge in [0, 0.05) is 13.0 Å². The summed E-state index contributed by atoms with van der Waals surface area (Å²) in [6.45, 7) is 5.46. The van der Waals surface area contributed by atoms with E-state index in [9.17, 15) is 14.3 Å². The van der Waals surface area contributed by atoms with E-state index in [0.29, 0.717) is 24.1 Å². The fourth-order valence-electron chi connectivity index (χ4n) is 6.61. The van der Waals surface area contributed by atoms with Crippen molar-refractivity contribution in [3.8, 4) is 0 Å². The monoisotopic (exact) mass is 776 g/mol. The van der Waals surface area contributed by atoms with Gasteiger partial charge in [0.05, 0.1) is 34.4 Å². The molecule has 8 nitrogen and oxygen atoms in total. The van der Waals surface area contributed by atoms with E-state index in [1.807, 2.05) is 21.1 Å². The molecule has 2 atom stereocenters. The van der Waals surface area contributed by atoms with Gasteiger partial charge in [-0.05, 0) is 12.8 Å². The van der Waals surface area contributed by atoms with Crippen LogP contribution in [0.5, 0.6) is 0 Å². The van der Waals surface area contributed by atoms with Crippen LogP contribution in [0.4, 0.5) is 0 Å². The van der Waals surface area contributed by atoms with Crippen molar-refractivity contribution in [3.05, 3.63) is 0 Å². The highest BCUT2D eigenvalue weighted by Crippen LogP contribution is 2.38. The smallest absolute Gasteiger partial charge is 0.306 e. The van der Waals surface area contributed by atoms with Crippen LogP contribution in [0.15, 0.2) is 0 Å². The Bertz CT molecular complexity index is 822. The van der Waals surface area contributed by atoms with Crippen molar-refractivity contribution in [2.45, 2.75) is 225 Å². The Labute approximate surface area is 329 Å². The minimum atomic E-state index is -4.51. The fraction of sp³-hybridized carbons (Fsp3) is 0.977. The van der Waals surface area contributed by atoms with Gasteiger partial charge >= 0.3 is 5.97 Å². The number of esters is 1. The van der Waals surface area contributed by atoms with Crippen molar-refractivity contribution in [1.29, 1.82) is 0 Å². The Hall–Kier alpha value is -0.500. The van der Waals surface area contributed by atoms with Crippen LogP contribution in [0.1, 0.15) is 219 Å². The van der Waals surface area contributed by atoms with Gasteiger partial charge in [0.1, 0.15) is 19.3 Å². The summed E-state index contributed by atoms with van der Waals surface area (Å²) in [5, 5.41) is 0. The lowest BCUT2D eigenvalue weighted by Crippen LogP contribution is -2.37. The molecule has 9 heteroatoms. The molecule has 0 saturated heterocycles. The Morgan fingerprint density at radius 1 is 0.509 bits per heavy atom. The third-order valence-corrected chi connectivity index (χ3v) is 11.1. The second-order valence-electron chi connectivity index (χ2n) is 16.8. The molecule has 0 aromatic carbocycles. The first-order valence-corrected chi connectivity index (χ1v) is 24.2. The average Bonchev–Trinajstić information content (AvgIpc) is 3.11. The maximum Gasteiger partial charge on any atom is 0.306 e. The summed E-state index contributed by atoms with van der Waals surface area (Å²) in [6, 6.07) is 0. The molecule has 0 aromatic rings. The van der Waals surface area contributed by atoms with Crippen molar-refractivity contribution in [3.63, 3.8) is 0 Å². The maximum atomic E-state index is 12.6. The molecular formula is C44H90NO7P. The Kier molecular flexibility index (Phi) is 38.0. The van der Waals surface area contributed by atoms with E-state index in [1.54, 1.807) is 0 Å². The molecule has 0 fully saturated rings. The third kappa shape index (κ3) is 42.5. The van der Waals surface area contributed by atoms with E-state index in [1.165, 1.54) is 167 Å². The molecule has 318 valence electrons. The number of carbonyl (C=O) groups is 1.